The number of hydrogen-bond acceptors (Lipinski definition) is 0. The summed E-state index contributed by atoms with van der Waals surface area (Å²) in [6.07, 6.45) is 20.4. The lowest BCUT2D eigenvalue weighted by atomic mass is 10.2. The highest BCUT2D eigenvalue weighted by molar-refractivity contribution is 5.10. The molecule has 0 heteroatoms. The summed E-state index contributed by atoms with van der Waals surface area (Å²) in [6.45, 7) is 4.08. The van der Waals surface area contributed by atoms with Crippen LogP contribution >= 0.6 is 0 Å². The molecule has 0 saturated heterocycles. The van der Waals surface area contributed by atoms with E-state index in [4.69, 9.17) is 0 Å². The van der Waals surface area contributed by atoms with Gasteiger partial charge >= 0.3 is 0 Å². The zero-order valence-corrected chi connectivity index (χ0v) is 8.74. The first-order valence-corrected chi connectivity index (χ1v) is 4.97. The van der Waals surface area contributed by atoms with E-state index in [9.17, 15) is 0 Å². The van der Waals surface area contributed by atoms with Crippen molar-refractivity contribution in [3.8, 4) is 0 Å². The SMILES string of the molecule is C/C=C/C=C/C=C/CCC/C=C/C. The molecule has 0 unspecified atom stereocenters. The summed E-state index contributed by atoms with van der Waals surface area (Å²) in [5.74, 6) is 0. The van der Waals surface area contributed by atoms with Gasteiger partial charge in [0.1, 0.15) is 0 Å². The van der Waals surface area contributed by atoms with E-state index < -0.39 is 0 Å². The van der Waals surface area contributed by atoms with E-state index in [-0.39, 0.29) is 0 Å². The summed E-state index contributed by atoms with van der Waals surface area (Å²) in [5.41, 5.74) is 0. The Labute approximate surface area is 82.4 Å². The van der Waals surface area contributed by atoms with Crippen molar-refractivity contribution in [2.75, 3.05) is 0 Å². The van der Waals surface area contributed by atoms with E-state index in [0.29, 0.717) is 0 Å². The van der Waals surface area contributed by atoms with E-state index in [1.165, 1.54) is 19.3 Å². The molecular weight excluding hydrogens is 156 g/mol. The average molecular weight is 176 g/mol. The summed E-state index contributed by atoms with van der Waals surface area (Å²) in [4.78, 5) is 0. The molecule has 0 aliphatic carbocycles. The van der Waals surface area contributed by atoms with Crippen molar-refractivity contribution in [3.05, 3.63) is 48.6 Å². The second-order valence-electron chi connectivity index (χ2n) is 2.84. The Hall–Kier alpha value is -1.04. The molecule has 0 N–H and O–H groups in total. The Kier molecular flexibility index (Phi) is 10.1. The third-order valence-corrected chi connectivity index (χ3v) is 1.64. The van der Waals surface area contributed by atoms with Gasteiger partial charge in [-0.15, -0.1) is 0 Å². The van der Waals surface area contributed by atoms with Gasteiger partial charge in [-0.1, -0.05) is 48.6 Å². The van der Waals surface area contributed by atoms with Gasteiger partial charge in [0.2, 0.25) is 0 Å². The van der Waals surface area contributed by atoms with Crippen LogP contribution in [0.1, 0.15) is 33.1 Å². The van der Waals surface area contributed by atoms with Crippen molar-refractivity contribution in [2.45, 2.75) is 33.1 Å². The quantitative estimate of drug-likeness (QED) is 0.319. The summed E-state index contributed by atoms with van der Waals surface area (Å²) in [6, 6.07) is 0. The molecule has 0 aliphatic rings. The van der Waals surface area contributed by atoms with Gasteiger partial charge in [0.15, 0.2) is 0 Å². The first-order chi connectivity index (χ1) is 6.41. The molecule has 0 heterocycles. The Morgan fingerprint density at radius 1 is 0.692 bits per heavy atom. The maximum Gasteiger partial charge on any atom is -0.0345 e. The molecule has 0 rings (SSSR count). The molecule has 0 atom stereocenters. The fourth-order valence-corrected chi connectivity index (χ4v) is 0.934. The van der Waals surface area contributed by atoms with Crippen molar-refractivity contribution in [1.82, 2.24) is 0 Å². The van der Waals surface area contributed by atoms with Gasteiger partial charge in [-0.05, 0) is 33.1 Å². The van der Waals surface area contributed by atoms with Crippen molar-refractivity contribution >= 4 is 0 Å². The lowest BCUT2D eigenvalue weighted by Crippen LogP contribution is -1.67. The molecule has 0 saturated carbocycles. The van der Waals surface area contributed by atoms with Crippen molar-refractivity contribution in [3.63, 3.8) is 0 Å². The molecule has 0 aromatic carbocycles. The largest absolute Gasteiger partial charge is 0.0917 e. The van der Waals surface area contributed by atoms with Crippen LogP contribution in [0.5, 0.6) is 0 Å². The highest BCUT2D eigenvalue weighted by Crippen LogP contribution is 1.97. The highest BCUT2D eigenvalue weighted by atomic mass is 13.8. The van der Waals surface area contributed by atoms with Crippen LogP contribution in [0.15, 0.2) is 48.6 Å². The predicted molar refractivity (Wildman–Crippen MR) is 61.8 cm³/mol. The third kappa shape index (κ3) is 11.0. The minimum absolute atomic E-state index is 1.17. The van der Waals surface area contributed by atoms with Crippen molar-refractivity contribution in [2.24, 2.45) is 0 Å². The second kappa shape index (κ2) is 11.0. The van der Waals surface area contributed by atoms with Crippen molar-refractivity contribution < 1.29 is 0 Å². The van der Waals surface area contributed by atoms with E-state index in [1.54, 1.807) is 0 Å². The number of unbranched alkanes of at least 4 members (excludes halogenated alkanes) is 2. The second-order valence-corrected chi connectivity index (χ2v) is 2.84. The van der Waals surface area contributed by atoms with Gasteiger partial charge in [0.05, 0.1) is 0 Å². The van der Waals surface area contributed by atoms with Crippen molar-refractivity contribution in [1.29, 1.82) is 0 Å². The third-order valence-electron chi connectivity index (χ3n) is 1.64. The summed E-state index contributed by atoms with van der Waals surface area (Å²) >= 11 is 0. The van der Waals surface area contributed by atoms with E-state index >= 15 is 0 Å². The first-order valence-electron chi connectivity index (χ1n) is 4.97. The van der Waals surface area contributed by atoms with Crippen LogP contribution in [0.4, 0.5) is 0 Å². The van der Waals surface area contributed by atoms with Gasteiger partial charge in [0, 0.05) is 0 Å². The molecule has 0 aromatic heterocycles. The Balaban J connectivity index is 3.31. The van der Waals surface area contributed by atoms with Crippen LogP contribution in [0.25, 0.3) is 0 Å². The Bertz CT molecular complexity index is 192. The number of allylic oxidation sites excluding steroid dienone is 8. The molecule has 0 aliphatic heterocycles. The maximum atomic E-state index is 2.21. The lowest BCUT2D eigenvalue weighted by Gasteiger charge is -1.87. The van der Waals surface area contributed by atoms with E-state index in [2.05, 4.69) is 37.3 Å². The minimum atomic E-state index is 1.17. The van der Waals surface area contributed by atoms with Crippen LogP contribution in [-0.2, 0) is 0 Å². The van der Waals surface area contributed by atoms with Crippen LogP contribution < -0.4 is 0 Å². The van der Waals surface area contributed by atoms with Gasteiger partial charge in [-0.3, -0.25) is 0 Å². The number of rotatable bonds is 6. The first kappa shape index (κ1) is 12.0. The molecule has 0 spiro atoms. The topological polar surface area (TPSA) is 0 Å². The monoisotopic (exact) mass is 176 g/mol. The van der Waals surface area contributed by atoms with Crippen LogP contribution in [0, 0.1) is 0 Å². The number of hydrogen-bond donors (Lipinski definition) is 0. The Morgan fingerprint density at radius 3 is 2.08 bits per heavy atom. The van der Waals surface area contributed by atoms with Gasteiger partial charge in [0.25, 0.3) is 0 Å². The summed E-state index contributed by atoms with van der Waals surface area (Å²) in [5, 5.41) is 0. The van der Waals surface area contributed by atoms with Gasteiger partial charge in [-0.2, -0.15) is 0 Å². The van der Waals surface area contributed by atoms with Crippen LogP contribution in [0.2, 0.25) is 0 Å². The smallest absolute Gasteiger partial charge is 0.0345 e. The standard InChI is InChI=1S/C13H20/c1-3-5-7-9-11-13-12-10-8-6-4-2/h3-7,9,11,13H,8,10,12H2,1-2H3/b5-3+,6-4+,9-7+,13-11+. The van der Waals surface area contributed by atoms with E-state index in [0.717, 1.165) is 0 Å². The minimum Gasteiger partial charge on any atom is -0.0917 e. The van der Waals surface area contributed by atoms with Gasteiger partial charge in [-0.25, -0.2) is 0 Å². The summed E-state index contributed by atoms with van der Waals surface area (Å²) < 4.78 is 0. The molecule has 72 valence electrons. The highest BCUT2D eigenvalue weighted by Gasteiger charge is 1.77. The van der Waals surface area contributed by atoms with E-state index in [1.807, 2.05) is 25.2 Å². The fraction of sp³-hybridized carbons (Fsp3) is 0.385. The molecule has 0 nitrogen and oxygen atoms in total. The van der Waals surface area contributed by atoms with Crippen LogP contribution in [0.3, 0.4) is 0 Å². The lowest BCUT2D eigenvalue weighted by molar-refractivity contribution is 0.867. The zero-order chi connectivity index (χ0) is 9.78. The normalized spacial score (nSPS) is 13.1. The maximum absolute atomic E-state index is 2.21. The molecule has 0 amide bonds. The predicted octanol–water partition coefficient (Wildman–Crippen LogP) is 4.42. The van der Waals surface area contributed by atoms with Gasteiger partial charge < -0.3 is 0 Å². The summed E-state index contributed by atoms with van der Waals surface area (Å²) in [7, 11) is 0. The molecule has 0 bridgehead atoms. The molecule has 0 radical (unpaired) electrons. The molecular formula is C13H20. The zero-order valence-electron chi connectivity index (χ0n) is 8.74. The molecule has 0 aromatic rings. The molecule has 0 fully saturated rings. The fourth-order valence-electron chi connectivity index (χ4n) is 0.934. The van der Waals surface area contributed by atoms with Crippen LogP contribution in [-0.4, -0.2) is 0 Å². The molecule has 13 heavy (non-hydrogen) atoms. The Morgan fingerprint density at radius 2 is 1.38 bits per heavy atom. The average Bonchev–Trinajstić information content (AvgIpc) is 2.16.